The van der Waals surface area contributed by atoms with Crippen molar-refractivity contribution in [2.45, 2.75) is 5.75 Å². The van der Waals surface area contributed by atoms with Crippen molar-refractivity contribution in [3.8, 4) is 0 Å². The Bertz CT molecular complexity index is 323. The van der Waals surface area contributed by atoms with Crippen LogP contribution in [0.15, 0.2) is 30.3 Å². The summed E-state index contributed by atoms with van der Waals surface area (Å²) in [4.78, 5) is 0. The molecule has 1 aromatic rings. The van der Waals surface area contributed by atoms with E-state index in [0.29, 0.717) is 0 Å². The molecule has 2 N–H and O–H groups in total. The van der Waals surface area contributed by atoms with Crippen LogP contribution in [0.1, 0.15) is 5.56 Å². The molecule has 1 rings (SSSR count). The molecule has 0 heterocycles. The molecule has 0 aliphatic carbocycles. The third kappa shape index (κ3) is 5.42. The van der Waals surface area contributed by atoms with E-state index in [9.17, 15) is 8.42 Å². The zero-order valence-electron chi connectivity index (χ0n) is 5.90. The summed E-state index contributed by atoms with van der Waals surface area (Å²) in [5.41, 5.74) is 0.718. The number of sulfonamides is 1. The van der Waals surface area contributed by atoms with Crippen molar-refractivity contribution in [2.75, 3.05) is 0 Å². The van der Waals surface area contributed by atoms with E-state index in [1.807, 2.05) is 6.07 Å². The molecule has 0 spiro atoms. The number of primary sulfonamides is 1. The minimum absolute atomic E-state index is 0. The molecule has 0 aliphatic heterocycles. The number of hydrogen-bond acceptors (Lipinski definition) is 2. The Morgan fingerprint density at radius 1 is 1.17 bits per heavy atom. The van der Waals surface area contributed by atoms with Crippen LogP contribution in [0.4, 0.5) is 0 Å². The summed E-state index contributed by atoms with van der Waals surface area (Å²) in [7, 11) is -3.38. The second-order valence-corrected chi connectivity index (χ2v) is 3.91. The average Bonchev–Trinajstić information content (AvgIpc) is 1.85. The molecule has 0 fully saturated rings. The molecule has 0 atom stereocenters. The molecular formula is C7H10KNO2S. The predicted octanol–water partition coefficient (Wildman–Crippen LogP) is -0.173. The van der Waals surface area contributed by atoms with Crippen LogP contribution in [0.25, 0.3) is 0 Å². The summed E-state index contributed by atoms with van der Waals surface area (Å²) in [6, 6.07) is 8.84. The van der Waals surface area contributed by atoms with E-state index in [1.165, 1.54) is 0 Å². The van der Waals surface area contributed by atoms with Gasteiger partial charge in [0.15, 0.2) is 0 Å². The van der Waals surface area contributed by atoms with E-state index in [4.69, 9.17) is 5.14 Å². The van der Waals surface area contributed by atoms with E-state index < -0.39 is 10.0 Å². The molecule has 0 aliphatic rings. The molecule has 3 nitrogen and oxygen atoms in total. The van der Waals surface area contributed by atoms with Crippen LogP contribution in [0.3, 0.4) is 0 Å². The maximum absolute atomic E-state index is 10.6. The van der Waals surface area contributed by atoms with Crippen LogP contribution < -0.4 is 5.14 Å². The fourth-order valence-electron chi connectivity index (χ4n) is 0.807. The van der Waals surface area contributed by atoms with Gasteiger partial charge >= 0.3 is 51.4 Å². The zero-order chi connectivity index (χ0) is 8.32. The second kappa shape index (κ2) is 5.49. The van der Waals surface area contributed by atoms with Gasteiger partial charge in [-0.1, -0.05) is 30.3 Å². The Balaban J connectivity index is 0.00000121. The first-order chi connectivity index (χ1) is 5.08. The molecule has 12 heavy (non-hydrogen) atoms. The van der Waals surface area contributed by atoms with E-state index >= 15 is 0 Å². The van der Waals surface area contributed by atoms with Gasteiger partial charge < -0.3 is 0 Å². The van der Waals surface area contributed by atoms with Gasteiger partial charge in [0.05, 0.1) is 5.75 Å². The van der Waals surface area contributed by atoms with Gasteiger partial charge in [0.2, 0.25) is 10.0 Å². The molecule has 1 aromatic carbocycles. The van der Waals surface area contributed by atoms with Crippen LogP contribution in [0.5, 0.6) is 0 Å². The molecule has 0 unspecified atom stereocenters. The Hall–Kier alpha value is 0.766. The minimum atomic E-state index is -3.38. The summed E-state index contributed by atoms with van der Waals surface area (Å²) in [5, 5.41) is 4.84. The monoisotopic (exact) mass is 211 g/mol. The molecule has 5 heteroatoms. The predicted molar refractivity (Wildman–Crippen MR) is 50.4 cm³/mol. The van der Waals surface area contributed by atoms with Gasteiger partial charge in [-0.05, 0) is 5.56 Å². The zero-order valence-corrected chi connectivity index (χ0v) is 6.71. The van der Waals surface area contributed by atoms with Crippen molar-refractivity contribution in [1.29, 1.82) is 0 Å². The van der Waals surface area contributed by atoms with E-state index in [1.54, 1.807) is 24.3 Å². The van der Waals surface area contributed by atoms with Gasteiger partial charge in [-0.2, -0.15) is 0 Å². The first-order valence-corrected chi connectivity index (χ1v) is 4.84. The van der Waals surface area contributed by atoms with Crippen LogP contribution in [0, 0.1) is 0 Å². The summed E-state index contributed by atoms with van der Waals surface area (Å²) >= 11 is 0. The van der Waals surface area contributed by atoms with Crippen molar-refractivity contribution in [2.24, 2.45) is 5.14 Å². The third-order valence-electron chi connectivity index (χ3n) is 1.21. The Morgan fingerprint density at radius 2 is 1.67 bits per heavy atom. The van der Waals surface area contributed by atoms with E-state index in [-0.39, 0.29) is 57.1 Å². The molecule has 0 aromatic heterocycles. The second-order valence-electron chi connectivity index (χ2n) is 2.29. The van der Waals surface area contributed by atoms with Crippen LogP contribution in [-0.2, 0) is 15.8 Å². The Kier molecular flexibility index (Phi) is 5.84. The van der Waals surface area contributed by atoms with Crippen molar-refractivity contribution >= 4 is 61.4 Å². The first-order valence-electron chi connectivity index (χ1n) is 3.12. The number of benzene rings is 1. The van der Waals surface area contributed by atoms with Gasteiger partial charge in [-0.3, -0.25) is 0 Å². The summed E-state index contributed by atoms with van der Waals surface area (Å²) < 4.78 is 21.2. The SMILES string of the molecule is NS(=O)(=O)Cc1ccccc1.[KH]. The van der Waals surface area contributed by atoms with Crippen LogP contribution >= 0.6 is 0 Å². The molecule has 0 saturated heterocycles. The molecular weight excluding hydrogens is 201 g/mol. The van der Waals surface area contributed by atoms with Crippen molar-refractivity contribution < 1.29 is 8.42 Å². The topological polar surface area (TPSA) is 60.2 Å². The Labute approximate surface area is 115 Å². The van der Waals surface area contributed by atoms with Gasteiger partial charge in [-0.25, -0.2) is 13.6 Å². The Morgan fingerprint density at radius 3 is 2.08 bits per heavy atom. The molecule has 62 valence electrons. The van der Waals surface area contributed by atoms with Crippen molar-refractivity contribution in [1.82, 2.24) is 0 Å². The van der Waals surface area contributed by atoms with Gasteiger partial charge in [-0.15, -0.1) is 0 Å². The first kappa shape index (κ1) is 12.8. The standard InChI is InChI=1S/C7H9NO2S.K.H/c8-11(9,10)6-7-4-2-1-3-5-7;;/h1-5H,6H2,(H2,8,9,10);;. The van der Waals surface area contributed by atoms with E-state index in [2.05, 4.69) is 0 Å². The number of hydrogen-bond donors (Lipinski definition) is 1. The molecule has 0 bridgehead atoms. The van der Waals surface area contributed by atoms with Gasteiger partial charge in [0, 0.05) is 0 Å². The molecule has 0 saturated carbocycles. The summed E-state index contributed by atoms with van der Waals surface area (Å²) in [6.07, 6.45) is 0. The fourth-order valence-corrected chi connectivity index (χ4v) is 1.46. The summed E-state index contributed by atoms with van der Waals surface area (Å²) in [6.45, 7) is 0. The van der Waals surface area contributed by atoms with Gasteiger partial charge in [0.25, 0.3) is 0 Å². The normalized spacial score (nSPS) is 10.4. The molecule has 0 radical (unpaired) electrons. The summed E-state index contributed by atoms with van der Waals surface area (Å²) in [5.74, 6) is -0.0894. The average molecular weight is 211 g/mol. The van der Waals surface area contributed by atoms with Crippen molar-refractivity contribution in [3.05, 3.63) is 35.9 Å². The number of nitrogens with two attached hydrogens (primary N) is 1. The van der Waals surface area contributed by atoms with Crippen LogP contribution in [0.2, 0.25) is 0 Å². The quantitative estimate of drug-likeness (QED) is 0.690. The number of rotatable bonds is 2. The third-order valence-corrected chi connectivity index (χ3v) is 1.95. The van der Waals surface area contributed by atoms with Crippen LogP contribution in [-0.4, -0.2) is 59.8 Å². The van der Waals surface area contributed by atoms with E-state index in [0.717, 1.165) is 5.56 Å². The van der Waals surface area contributed by atoms with Gasteiger partial charge in [0.1, 0.15) is 0 Å². The maximum atomic E-state index is 10.6. The molecule has 0 amide bonds. The fraction of sp³-hybridized carbons (Fsp3) is 0.143. The van der Waals surface area contributed by atoms with Crippen molar-refractivity contribution in [3.63, 3.8) is 0 Å².